The van der Waals surface area contributed by atoms with Gasteiger partial charge in [-0.05, 0) is 75.5 Å². The lowest BCUT2D eigenvalue weighted by atomic mass is 9.39. The molecule has 4 heteroatoms. The number of carbonyl (C=O) groups is 1. The Bertz CT molecular complexity index is 576. The topological polar surface area (TPSA) is 77.8 Å². The first-order chi connectivity index (χ1) is 11.1. The summed E-state index contributed by atoms with van der Waals surface area (Å²) in [5.41, 5.74) is -1.00. The molecule has 2 bridgehead atoms. The predicted octanol–water partition coefficient (Wildman–Crippen LogP) is 3.21. The summed E-state index contributed by atoms with van der Waals surface area (Å²) in [7, 11) is 0. The molecule has 4 aliphatic rings. The molecular weight excluding hydrogens is 304 g/mol. The first-order valence-electron chi connectivity index (χ1n) is 9.68. The molecule has 0 aromatic carbocycles. The second kappa shape index (κ2) is 4.76. The molecule has 8 atom stereocenters. The van der Waals surface area contributed by atoms with E-state index in [-0.39, 0.29) is 17.3 Å². The summed E-state index contributed by atoms with van der Waals surface area (Å²) in [6, 6.07) is 0. The highest BCUT2D eigenvalue weighted by Gasteiger charge is 2.71. The number of hydrogen-bond donors (Lipinski definition) is 3. The zero-order valence-corrected chi connectivity index (χ0v) is 15.2. The molecule has 0 saturated heterocycles. The molecule has 0 amide bonds. The van der Waals surface area contributed by atoms with Gasteiger partial charge in [0.2, 0.25) is 0 Å². The Morgan fingerprint density at radius 2 is 1.62 bits per heavy atom. The molecule has 0 heterocycles. The Morgan fingerprint density at radius 1 is 0.917 bits per heavy atom. The van der Waals surface area contributed by atoms with Gasteiger partial charge in [-0.15, -0.1) is 0 Å². The second-order valence-electron chi connectivity index (χ2n) is 10.3. The maximum Gasteiger partial charge on any atom is 0.309 e. The van der Waals surface area contributed by atoms with Crippen molar-refractivity contribution in [1.82, 2.24) is 0 Å². The number of rotatable bonds is 1. The lowest BCUT2D eigenvalue weighted by Gasteiger charge is -2.66. The Kier molecular flexibility index (Phi) is 3.34. The number of carboxylic acids is 1. The predicted molar refractivity (Wildman–Crippen MR) is 90.3 cm³/mol. The third-order valence-electron chi connectivity index (χ3n) is 9.22. The summed E-state index contributed by atoms with van der Waals surface area (Å²) < 4.78 is 0. The first-order valence-corrected chi connectivity index (χ1v) is 9.68. The molecule has 1 spiro atoms. The minimum Gasteiger partial charge on any atom is -0.481 e. The molecule has 0 unspecified atom stereocenters. The molecule has 136 valence electrons. The van der Waals surface area contributed by atoms with Crippen LogP contribution in [0.5, 0.6) is 0 Å². The molecule has 4 fully saturated rings. The average Bonchev–Trinajstić information content (AvgIpc) is 2.78. The Balaban J connectivity index is 1.82. The van der Waals surface area contributed by atoms with Crippen LogP contribution in [-0.2, 0) is 4.79 Å². The number of aliphatic carboxylic acids is 1. The van der Waals surface area contributed by atoms with Gasteiger partial charge in [0, 0.05) is 10.8 Å². The molecule has 4 saturated carbocycles. The van der Waals surface area contributed by atoms with Gasteiger partial charge in [0.15, 0.2) is 0 Å². The van der Waals surface area contributed by atoms with Crippen molar-refractivity contribution >= 4 is 5.97 Å². The van der Waals surface area contributed by atoms with Gasteiger partial charge < -0.3 is 15.3 Å². The van der Waals surface area contributed by atoms with Crippen LogP contribution in [0.3, 0.4) is 0 Å². The van der Waals surface area contributed by atoms with Gasteiger partial charge in [-0.1, -0.05) is 13.8 Å². The maximum absolute atomic E-state index is 12.1. The monoisotopic (exact) mass is 336 g/mol. The fourth-order valence-corrected chi connectivity index (χ4v) is 7.79. The lowest BCUT2D eigenvalue weighted by molar-refractivity contribution is -0.241. The van der Waals surface area contributed by atoms with Gasteiger partial charge in [0.05, 0.1) is 17.6 Å². The van der Waals surface area contributed by atoms with Crippen molar-refractivity contribution in [2.45, 2.75) is 84.3 Å². The van der Waals surface area contributed by atoms with E-state index in [4.69, 9.17) is 0 Å². The van der Waals surface area contributed by atoms with E-state index in [1.807, 2.05) is 6.92 Å². The largest absolute Gasteiger partial charge is 0.481 e. The lowest BCUT2D eigenvalue weighted by Crippen LogP contribution is -2.67. The minimum absolute atomic E-state index is 0.101. The van der Waals surface area contributed by atoms with Crippen LogP contribution in [0.2, 0.25) is 0 Å². The Morgan fingerprint density at radius 3 is 2.29 bits per heavy atom. The van der Waals surface area contributed by atoms with Crippen LogP contribution in [0.4, 0.5) is 0 Å². The fourth-order valence-electron chi connectivity index (χ4n) is 7.79. The molecule has 0 aromatic rings. The molecule has 4 rings (SSSR count). The summed E-state index contributed by atoms with van der Waals surface area (Å²) in [6.07, 6.45) is 6.14. The van der Waals surface area contributed by atoms with Gasteiger partial charge in [-0.3, -0.25) is 4.79 Å². The zero-order valence-electron chi connectivity index (χ0n) is 15.2. The summed E-state index contributed by atoms with van der Waals surface area (Å²) in [6.45, 7) is 6.33. The van der Waals surface area contributed by atoms with Crippen LogP contribution in [0, 0.1) is 33.5 Å². The fraction of sp³-hybridized carbons (Fsp3) is 0.950. The third kappa shape index (κ3) is 1.79. The van der Waals surface area contributed by atoms with Crippen LogP contribution in [-0.4, -0.2) is 33.5 Å². The number of aliphatic hydroxyl groups excluding tert-OH is 2. The Labute approximate surface area is 144 Å². The van der Waals surface area contributed by atoms with Crippen LogP contribution in [0.15, 0.2) is 0 Å². The summed E-state index contributed by atoms with van der Waals surface area (Å²) in [4.78, 5) is 12.1. The number of hydrogen-bond acceptors (Lipinski definition) is 3. The van der Waals surface area contributed by atoms with E-state index in [9.17, 15) is 20.1 Å². The minimum atomic E-state index is -0.837. The maximum atomic E-state index is 12.1. The van der Waals surface area contributed by atoms with E-state index in [1.165, 1.54) is 0 Å². The number of aliphatic hydroxyl groups is 2. The zero-order chi connectivity index (χ0) is 17.5. The van der Waals surface area contributed by atoms with E-state index in [1.54, 1.807) is 0 Å². The smallest absolute Gasteiger partial charge is 0.309 e. The first kappa shape index (κ1) is 16.8. The summed E-state index contributed by atoms with van der Waals surface area (Å²) in [5, 5.41) is 32.1. The van der Waals surface area contributed by atoms with Gasteiger partial charge in [-0.2, -0.15) is 0 Å². The van der Waals surface area contributed by atoms with Crippen molar-refractivity contribution < 1.29 is 20.1 Å². The normalized spacial score (nSPS) is 59.5. The summed E-state index contributed by atoms with van der Waals surface area (Å²) >= 11 is 0. The second-order valence-corrected chi connectivity index (χ2v) is 10.3. The highest BCUT2D eigenvalue weighted by molar-refractivity contribution is 5.75. The molecule has 3 N–H and O–H groups in total. The number of fused-ring (bicyclic) bond motifs is 3. The molecule has 4 aliphatic carbocycles. The highest BCUT2D eigenvalue weighted by atomic mass is 16.4. The molecule has 4 nitrogen and oxygen atoms in total. The van der Waals surface area contributed by atoms with Crippen molar-refractivity contribution in [2.75, 3.05) is 0 Å². The van der Waals surface area contributed by atoms with Crippen molar-refractivity contribution in [3.05, 3.63) is 0 Å². The number of carboxylic acid groups (broad SMARTS) is 1. The van der Waals surface area contributed by atoms with Crippen molar-refractivity contribution in [2.24, 2.45) is 33.5 Å². The molecule has 0 radical (unpaired) electrons. The molecule has 0 aliphatic heterocycles. The van der Waals surface area contributed by atoms with E-state index in [0.717, 1.165) is 32.1 Å². The average molecular weight is 336 g/mol. The SMILES string of the molecule is C[C@@]12CC[C@@H]3[C@@](CC1)(C2)[C@@H](O)C[C@H]1[C@@]3(C)[C@@H](O)CC[C@@]1(C)C(=O)O. The van der Waals surface area contributed by atoms with Crippen molar-refractivity contribution in [3.8, 4) is 0 Å². The highest BCUT2D eigenvalue weighted by Crippen LogP contribution is 2.73. The van der Waals surface area contributed by atoms with Gasteiger partial charge in [0.1, 0.15) is 0 Å². The van der Waals surface area contributed by atoms with Crippen LogP contribution >= 0.6 is 0 Å². The van der Waals surface area contributed by atoms with Crippen LogP contribution < -0.4 is 0 Å². The van der Waals surface area contributed by atoms with Crippen LogP contribution in [0.1, 0.15) is 72.1 Å². The van der Waals surface area contributed by atoms with Gasteiger partial charge in [0.25, 0.3) is 0 Å². The standard InChI is InChI=1S/C20H32O4/c1-17-6-4-12-19(3)13(10-15(22)20(12,11-17)9-8-17)18(2,16(23)24)7-5-14(19)21/h12-15,21-22H,4-11H2,1-3H3,(H,23,24)/t12-,13+,14-,15-,17+,18+,19-,20+/m0/s1. The van der Waals surface area contributed by atoms with Gasteiger partial charge in [-0.25, -0.2) is 0 Å². The van der Waals surface area contributed by atoms with E-state index < -0.39 is 29.0 Å². The van der Waals surface area contributed by atoms with Gasteiger partial charge >= 0.3 is 5.97 Å². The van der Waals surface area contributed by atoms with E-state index >= 15 is 0 Å². The van der Waals surface area contributed by atoms with Crippen LogP contribution in [0.25, 0.3) is 0 Å². The molecule has 24 heavy (non-hydrogen) atoms. The van der Waals surface area contributed by atoms with Crippen molar-refractivity contribution in [3.63, 3.8) is 0 Å². The van der Waals surface area contributed by atoms with E-state index in [0.29, 0.717) is 24.7 Å². The van der Waals surface area contributed by atoms with Crippen molar-refractivity contribution in [1.29, 1.82) is 0 Å². The Hall–Kier alpha value is -0.610. The molecular formula is C20H32O4. The van der Waals surface area contributed by atoms with E-state index in [2.05, 4.69) is 13.8 Å². The quantitative estimate of drug-likeness (QED) is 0.687. The summed E-state index contributed by atoms with van der Waals surface area (Å²) in [5.74, 6) is -0.675. The molecule has 0 aromatic heterocycles. The third-order valence-corrected chi connectivity index (χ3v) is 9.22.